The number of benzene rings is 2. The average Bonchev–Trinajstić information content (AvgIpc) is 2.65. The molecular weight excluding hydrogens is 436 g/mol. The van der Waals surface area contributed by atoms with E-state index in [4.69, 9.17) is 9.47 Å². The lowest BCUT2D eigenvalue weighted by Crippen LogP contribution is -2.52. The summed E-state index contributed by atoms with van der Waals surface area (Å²) < 4.78 is 12.1. The summed E-state index contributed by atoms with van der Waals surface area (Å²) in [5, 5.41) is 5.44. The van der Waals surface area contributed by atoms with Crippen molar-refractivity contribution >= 4 is 33.6 Å². The summed E-state index contributed by atoms with van der Waals surface area (Å²) >= 11 is 3.36. The quantitative estimate of drug-likeness (QED) is 0.614. The van der Waals surface area contributed by atoms with E-state index in [2.05, 4.69) is 26.6 Å². The Balaban J connectivity index is 2.09. The second-order valence-electron chi connectivity index (χ2n) is 7.62. The van der Waals surface area contributed by atoms with Crippen LogP contribution in [0.15, 0.2) is 59.1 Å². The van der Waals surface area contributed by atoms with Gasteiger partial charge in [-0.2, -0.15) is 0 Å². The lowest BCUT2D eigenvalue weighted by molar-refractivity contribution is -0.122. The molecule has 0 unspecified atom stereocenters. The van der Waals surface area contributed by atoms with Gasteiger partial charge in [-0.05, 0) is 57.5 Å². The number of ether oxygens (including phenoxy) is 2. The molecular formula is C22H27BrN2O4. The first kappa shape index (κ1) is 22.9. The predicted molar refractivity (Wildman–Crippen MR) is 117 cm³/mol. The summed E-state index contributed by atoms with van der Waals surface area (Å²) in [6, 6.07) is 15.9. The van der Waals surface area contributed by atoms with Gasteiger partial charge in [0, 0.05) is 10.2 Å². The van der Waals surface area contributed by atoms with Crippen molar-refractivity contribution in [2.45, 2.75) is 52.0 Å². The summed E-state index contributed by atoms with van der Waals surface area (Å²) in [7, 11) is 0. The van der Waals surface area contributed by atoms with Crippen LogP contribution in [-0.2, 0) is 20.9 Å². The molecule has 0 aliphatic carbocycles. The standard InChI is InChI=1S/C22H27BrN2O4/c1-15(28-14-16-8-6-5-7-9-16)19(25-21(27)29-22(2,3)4)20(26)24-18-12-10-17(23)11-13-18/h5-13,15,19H,14H2,1-4H3,(H,24,26)(H,25,27)/t15-,19+/m0/s1. The van der Waals surface area contributed by atoms with Crippen molar-refractivity contribution in [3.05, 3.63) is 64.6 Å². The molecule has 29 heavy (non-hydrogen) atoms. The topological polar surface area (TPSA) is 76.7 Å². The third-order valence-electron chi connectivity index (χ3n) is 3.89. The molecule has 2 aromatic rings. The Kier molecular flexibility index (Phi) is 8.22. The minimum atomic E-state index is -0.933. The van der Waals surface area contributed by atoms with Crippen molar-refractivity contribution in [3.8, 4) is 0 Å². The Labute approximate surface area is 180 Å². The minimum absolute atomic E-state index is 0.320. The Hall–Kier alpha value is -2.38. The Morgan fingerprint density at radius 1 is 1.03 bits per heavy atom. The number of carbonyl (C=O) groups excluding carboxylic acids is 2. The zero-order valence-corrected chi connectivity index (χ0v) is 18.7. The molecule has 6 nitrogen and oxygen atoms in total. The van der Waals surface area contributed by atoms with E-state index in [-0.39, 0.29) is 0 Å². The van der Waals surface area contributed by atoms with Gasteiger partial charge >= 0.3 is 6.09 Å². The van der Waals surface area contributed by atoms with Crippen molar-refractivity contribution in [3.63, 3.8) is 0 Å². The summed E-state index contributed by atoms with van der Waals surface area (Å²) in [6.45, 7) is 7.35. The molecule has 2 rings (SSSR count). The minimum Gasteiger partial charge on any atom is -0.444 e. The van der Waals surface area contributed by atoms with E-state index in [1.165, 1.54) is 0 Å². The normalized spacial score (nSPS) is 13.3. The maximum absolute atomic E-state index is 12.9. The van der Waals surface area contributed by atoms with Gasteiger partial charge in [-0.25, -0.2) is 4.79 Å². The van der Waals surface area contributed by atoms with E-state index in [1.807, 2.05) is 42.5 Å². The van der Waals surface area contributed by atoms with E-state index in [9.17, 15) is 9.59 Å². The lowest BCUT2D eigenvalue weighted by Gasteiger charge is -2.27. The number of anilines is 1. The van der Waals surface area contributed by atoms with Crippen LogP contribution in [0.25, 0.3) is 0 Å². The molecule has 0 saturated heterocycles. The molecule has 2 atom stereocenters. The highest BCUT2D eigenvalue weighted by atomic mass is 79.9. The first-order valence-electron chi connectivity index (χ1n) is 9.35. The molecule has 0 aliphatic rings. The van der Waals surface area contributed by atoms with Gasteiger partial charge in [0.1, 0.15) is 11.6 Å². The molecule has 2 amide bonds. The monoisotopic (exact) mass is 462 g/mol. The van der Waals surface area contributed by atoms with Crippen LogP contribution in [0.4, 0.5) is 10.5 Å². The van der Waals surface area contributed by atoms with Crippen molar-refractivity contribution in [1.29, 1.82) is 0 Å². The summed E-state index contributed by atoms with van der Waals surface area (Å²) in [4.78, 5) is 25.2. The number of rotatable bonds is 7. The second kappa shape index (κ2) is 10.4. The van der Waals surface area contributed by atoms with Crippen LogP contribution >= 0.6 is 15.9 Å². The zero-order valence-electron chi connectivity index (χ0n) is 17.1. The van der Waals surface area contributed by atoms with Crippen LogP contribution in [0.2, 0.25) is 0 Å². The smallest absolute Gasteiger partial charge is 0.408 e. The SMILES string of the molecule is C[C@H](OCc1ccccc1)[C@@H](NC(=O)OC(C)(C)C)C(=O)Nc1ccc(Br)cc1. The highest BCUT2D eigenvalue weighted by Crippen LogP contribution is 2.16. The Bertz CT molecular complexity index is 804. The van der Waals surface area contributed by atoms with Gasteiger partial charge in [0.2, 0.25) is 5.91 Å². The van der Waals surface area contributed by atoms with Gasteiger partial charge in [0.25, 0.3) is 0 Å². The fraction of sp³-hybridized carbons (Fsp3) is 0.364. The molecule has 0 spiro atoms. The lowest BCUT2D eigenvalue weighted by atomic mass is 10.1. The number of carbonyl (C=O) groups is 2. The number of hydrogen-bond acceptors (Lipinski definition) is 4. The summed E-state index contributed by atoms with van der Waals surface area (Å²) in [5.74, 6) is -0.390. The molecule has 2 aromatic carbocycles. The van der Waals surface area contributed by atoms with Crippen LogP contribution in [-0.4, -0.2) is 29.7 Å². The molecule has 0 saturated carbocycles. The number of alkyl carbamates (subject to hydrolysis) is 1. The molecule has 7 heteroatoms. The van der Waals surface area contributed by atoms with E-state index in [1.54, 1.807) is 39.8 Å². The second-order valence-corrected chi connectivity index (χ2v) is 8.54. The maximum atomic E-state index is 12.9. The van der Waals surface area contributed by atoms with Crippen LogP contribution in [0.3, 0.4) is 0 Å². The maximum Gasteiger partial charge on any atom is 0.408 e. The fourth-order valence-corrected chi connectivity index (χ4v) is 2.75. The van der Waals surface area contributed by atoms with Crippen molar-refractivity contribution in [2.24, 2.45) is 0 Å². The van der Waals surface area contributed by atoms with Crippen LogP contribution in [0, 0.1) is 0 Å². The Morgan fingerprint density at radius 2 is 1.66 bits per heavy atom. The molecule has 0 radical (unpaired) electrons. The molecule has 0 aromatic heterocycles. The molecule has 0 bridgehead atoms. The van der Waals surface area contributed by atoms with Crippen LogP contribution in [0.5, 0.6) is 0 Å². The van der Waals surface area contributed by atoms with E-state index >= 15 is 0 Å². The summed E-state index contributed by atoms with van der Waals surface area (Å²) in [5.41, 5.74) is 0.915. The first-order valence-corrected chi connectivity index (χ1v) is 10.1. The van der Waals surface area contributed by atoms with Gasteiger partial charge in [0.15, 0.2) is 0 Å². The molecule has 156 valence electrons. The van der Waals surface area contributed by atoms with Gasteiger partial charge in [-0.3, -0.25) is 4.79 Å². The van der Waals surface area contributed by atoms with Gasteiger partial charge < -0.3 is 20.1 Å². The Morgan fingerprint density at radius 3 is 2.24 bits per heavy atom. The average molecular weight is 463 g/mol. The molecule has 2 N–H and O–H groups in total. The fourth-order valence-electron chi connectivity index (χ4n) is 2.48. The highest BCUT2D eigenvalue weighted by Gasteiger charge is 2.30. The predicted octanol–water partition coefficient (Wildman–Crippen LogP) is 4.89. The van der Waals surface area contributed by atoms with E-state index in [0.717, 1.165) is 10.0 Å². The largest absolute Gasteiger partial charge is 0.444 e. The van der Waals surface area contributed by atoms with Gasteiger partial charge in [-0.1, -0.05) is 46.3 Å². The van der Waals surface area contributed by atoms with Gasteiger partial charge in [0.05, 0.1) is 12.7 Å². The van der Waals surface area contributed by atoms with Crippen LogP contribution < -0.4 is 10.6 Å². The zero-order chi connectivity index (χ0) is 21.4. The highest BCUT2D eigenvalue weighted by molar-refractivity contribution is 9.10. The van der Waals surface area contributed by atoms with Crippen molar-refractivity contribution in [1.82, 2.24) is 5.32 Å². The number of nitrogens with one attached hydrogen (secondary N) is 2. The van der Waals surface area contributed by atoms with E-state index in [0.29, 0.717) is 12.3 Å². The third kappa shape index (κ3) is 8.25. The third-order valence-corrected chi connectivity index (χ3v) is 4.42. The van der Waals surface area contributed by atoms with Crippen molar-refractivity contribution in [2.75, 3.05) is 5.32 Å². The van der Waals surface area contributed by atoms with Gasteiger partial charge in [-0.15, -0.1) is 0 Å². The first-order chi connectivity index (χ1) is 13.6. The number of hydrogen-bond donors (Lipinski definition) is 2. The number of amides is 2. The van der Waals surface area contributed by atoms with E-state index < -0.39 is 29.7 Å². The molecule has 0 heterocycles. The van der Waals surface area contributed by atoms with Crippen LogP contribution in [0.1, 0.15) is 33.3 Å². The summed E-state index contributed by atoms with van der Waals surface area (Å²) in [6.07, 6.45) is -1.26. The molecule has 0 fully saturated rings. The number of halogens is 1. The van der Waals surface area contributed by atoms with Crippen molar-refractivity contribution < 1.29 is 19.1 Å². The molecule has 0 aliphatic heterocycles.